The Labute approximate surface area is 225 Å². The SMILES string of the molecule is CN(C(=O)CN1C(=O)COc2cc(Cl)c(Cl)cc21)C(CN1CCOCC1)c1cccc(-c2ccoc2)c1. The second-order valence-corrected chi connectivity index (χ2v) is 9.89. The van der Waals surface area contributed by atoms with Crippen molar-refractivity contribution in [2.45, 2.75) is 6.04 Å². The van der Waals surface area contributed by atoms with Crippen molar-refractivity contribution in [3.63, 3.8) is 0 Å². The zero-order chi connectivity index (χ0) is 25.9. The summed E-state index contributed by atoms with van der Waals surface area (Å²) in [4.78, 5) is 31.8. The van der Waals surface area contributed by atoms with E-state index in [-0.39, 0.29) is 36.0 Å². The van der Waals surface area contributed by atoms with E-state index in [1.807, 2.05) is 24.3 Å². The van der Waals surface area contributed by atoms with Gasteiger partial charge < -0.3 is 18.8 Å². The van der Waals surface area contributed by atoms with Crippen molar-refractivity contribution in [1.29, 1.82) is 0 Å². The molecule has 1 fully saturated rings. The molecule has 0 saturated carbocycles. The maximum absolute atomic E-state index is 13.7. The minimum Gasteiger partial charge on any atom is -0.482 e. The number of benzene rings is 2. The van der Waals surface area contributed by atoms with E-state index in [2.05, 4.69) is 11.0 Å². The summed E-state index contributed by atoms with van der Waals surface area (Å²) >= 11 is 12.3. The minimum atomic E-state index is -0.320. The highest BCUT2D eigenvalue weighted by Crippen LogP contribution is 2.39. The molecule has 0 bridgehead atoms. The standard InChI is InChI=1S/C27H27Cl2N3O5/c1-30(26(33)15-32-23-12-21(28)22(29)13-25(23)37-17-27(32)34)24(14-31-6-9-35-10-7-31)19-4-2-3-18(11-19)20-5-8-36-16-20/h2-5,8,11-13,16,24H,6-7,9-10,14-15,17H2,1H3. The van der Waals surface area contributed by atoms with E-state index in [0.717, 1.165) is 29.8 Å². The Hall–Kier alpha value is -3.04. The molecule has 8 nitrogen and oxygen atoms in total. The lowest BCUT2D eigenvalue weighted by molar-refractivity contribution is -0.133. The molecule has 1 atom stereocenters. The molecule has 10 heteroatoms. The summed E-state index contributed by atoms with van der Waals surface area (Å²) in [5, 5.41) is 0.604. The number of likely N-dealkylation sites (N-methyl/N-ethyl adjacent to an activating group) is 1. The fourth-order valence-electron chi connectivity index (χ4n) is 4.62. The van der Waals surface area contributed by atoms with Gasteiger partial charge in [0.1, 0.15) is 12.3 Å². The van der Waals surface area contributed by atoms with Crippen LogP contribution < -0.4 is 9.64 Å². The van der Waals surface area contributed by atoms with Gasteiger partial charge in [0.05, 0.1) is 47.5 Å². The molecule has 1 unspecified atom stereocenters. The molecule has 2 aromatic carbocycles. The van der Waals surface area contributed by atoms with Crippen LogP contribution in [0.25, 0.3) is 11.1 Å². The van der Waals surface area contributed by atoms with Crippen molar-refractivity contribution in [3.8, 4) is 16.9 Å². The zero-order valence-electron chi connectivity index (χ0n) is 20.4. The van der Waals surface area contributed by atoms with Crippen LogP contribution in [0.3, 0.4) is 0 Å². The summed E-state index contributed by atoms with van der Waals surface area (Å²) in [6.07, 6.45) is 3.34. The predicted molar refractivity (Wildman–Crippen MR) is 141 cm³/mol. The van der Waals surface area contributed by atoms with Crippen LogP contribution in [0.4, 0.5) is 5.69 Å². The van der Waals surface area contributed by atoms with Crippen LogP contribution in [0.1, 0.15) is 11.6 Å². The van der Waals surface area contributed by atoms with E-state index in [0.29, 0.717) is 36.2 Å². The van der Waals surface area contributed by atoms with Gasteiger partial charge in [0.25, 0.3) is 5.91 Å². The number of amides is 2. The van der Waals surface area contributed by atoms with Crippen molar-refractivity contribution >= 4 is 40.7 Å². The van der Waals surface area contributed by atoms with Crippen LogP contribution in [-0.2, 0) is 14.3 Å². The van der Waals surface area contributed by atoms with Crippen LogP contribution >= 0.6 is 23.2 Å². The lowest BCUT2D eigenvalue weighted by Crippen LogP contribution is -2.48. The topological polar surface area (TPSA) is 75.5 Å². The highest BCUT2D eigenvalue weighted by Gasteiger charge is 2.32. The molecule has 0 N–H and O–H groups in total. The van der Waals surface area contributed by atoms with Crippen molar-refractivity contribution < 1.29 is 23.5 Å². The van der Waals surface area contributed by atoms with Gasteiger partial charge in [0.2, 0.25) is 5.91 Å². The van der Waals surface area contributed by atoms with Gasteiger partial charge >= 0.3 is 0 Å². The van der Waals surface area contributed by atoms with Crippen molar-refractivity contribution in [3.05, 3.63) is 70.6 Å². The highest BCUT2D eigenvalue weighted by atomic mass is 35.5. The Morgan fingerprint density at radius 2 is 1.86 bits per heavy atom. The molecule has 2 aliphatic heterocycles. The van der Waals surface area contributed by atoms with Crippen LogP contribution in [0, 0.1) is 0 Å². The summed E-state index contributed by atoms with van der Waals surface area (Å²) < 4.78 is 16.3. The molecule has 194 valence electrons. The third kappa shape index (κ3) is 5.62. The predicted octanol–water partition coefficient (Wildman–Crippen LogP) is 4.51. The first kappa shape index (κ1) is 25.6. The number of furan rings is 1. The monoisotopic (exact) mass is 543 g/mol. The molecular weight excluding hydrogens is 517 g/mol. The number of rotatable bonds is 7. The van der Waals surface area contributed by atoms with Gasteiger partial charge in [0.15, 0.2) is 6.61 Å². The molecule has 5 rings (SSSR count). The summed E-state index contributed by atoms with van der Waals surface area (Å²) in [6.45, 7) is 3.19. The van der Waals surface area contributed by atoms with Gasteiger partial charge in [-0.05, 0) is 29.3 Å². The number of morpholine rings is 1. The Balaban J connectivity index is 1.42. The molecule has 2 aliphatic rings. The number of nitrogens with zero attached hydrogens (tertiary/aromatic N) is 3. The molecule has 0 aliphatic carbocycles. The van der Waals surface area contributed by atoms with Crippen molar-refractivity contribution in [2.75, 3.05) is 57.9 Å². The number of anilines is 1. The number of ether oxygens (including phenoxy) is 2. The van der Waals surface area contributed by atoms with Gasteiger partial charge in [-0.3, -0.25) is 19.4 Å². The third-order valence-corrected chi connectivity index (χ3v) is 7.48. The summed E-state index contributed by atoms with van der Waals surface area (Å²) in [5.74, 6) is -0.110. The Morgan fingerprint density at radius 1 is 1.08 bits per heavy atom. The second-order valence-electron chi connectivity index (χ2n) is 9.07. The van der Waals surface area contributed by atoms with Gasteiger partial charge in [0, 0.05) is 38.3 Å². The van der Waals surface area contributed by atoms with Crippen LogP contribution in [-0.4, -0.2) is 74.7 Å². The van der Waals surface area contributed by atoms with Gasteiger partial charge in [-0.1, -0.05) is 41.4 Å². The Morgan fingerprint density at radius 3 is 2.62 bits per heavy atom. The smallest absolute Gasteiger partial charge is 0.265 e. The minimum absolute atomic E-state index is 0.148. The largest absolute Gasteiger partial charge is 0.482 e. The number of carbonyl (C=O) groups is 2. The molecular formula is C27H27Cl2N3O5. The highest BCUT2D eigenvalue weighted by molar-refractivity contribution is 6.42. The molecule has 0 radical (unpaired) electrons. The molecule has 1 aromatic heterocycles. The first-order chi connectivity index (χ1) is 17.9. The molecule has 2 amide bonds. The first-order valence-electron chi connectivity index (χ1n) is 12.0. The fourth-order valence-corrected chi connectivity index (χ4v) is 4.94. The van der Waals surface area contributed by atoms with Crippen LogP contribution in [0.5, 0.6) is 5.75 Å². The fraction of sp³-hybridized carbons (Fsp3) is 0.333. The van der Waals surface area contributed by atoms with Gasteiger partial charge in [-0.2, -0.15) is 0 Å². The number of carbonyl (C=O) groups excluding carboxylic acids is 2. The lowest BCUT2D eigenvalue weighted by Gasteiger charge is -2.37. The number of hydrogen-bond donors (Lipinski definition) is 0. The average molecular weight is 544 g/mol. The van der Waals surface area contributed by atoms with E-state index < -0.39 is 0 Å². The van der Waals surface area contributed by atoms with E-state index >= 15 is 0 Å². The van der Waals surface area contributed by atoms with E-state index in [9.17, 15) is 9.59 Å². The number of hydrogen-bond acceptors (Lipinski definition) is 6. The second kappa shape index (κ2) is 11.1. The summed E-state index contributed by atoms with van der Waals surface area (Å²) in [5.41, 5.74) is 3.39. The summed E-state index contributed by atoms with van der Waals surface area (Å²) in [7, 11) is 1.78. The van der Waals surface area contributed by atoms with E-state index in [1.165, 1.54) is 4.90 Å². The Kier molecular flexibility index (Phi) is 7.71. The van der Waals surface area contributed by atoms with E-state index in [4.69, 9.17) is 37.1 Å². The van der Waals surface area contributed by atoms with Gasteiger partial charge in [-0.25, -0.2) is 0 Å². The average Bonchev–Trinajstić information content (AvgIpc) is 3.46. The zero-order valence-corrected chi connectivity index (χ0v) is 21.9. The molecule has 37 heavy (non-hydrogen) atoms. The van der Waals surface area contributed by atoms with Gasteiger partial charge in [-0.15, -0.1) is 0 Å². The maximum atomic E-state index is 13.7. The number of fused-ring (bicyclic) bond motifs is 1. The molecule has 3 heterocycles. The van der Waals surface area contributed by atoms with Crippen LogP contribution in [0.2, 0.25) is 10.0 Å². The molecule has 0 spiro atoms. The molecule has 3 aromatic rings. The lowest BCUT2D eigenvalue weighted by atomic mass is 9.99. The van der Waals surface area contributed by atoms with Crippen molar-refractivity contribution in [1.82, 2.24) is 9.80 Å². The molecule has 1 saturated heterocycles. The first-order valence-corrected chi connectivity index (χ1v) is 12.8. The van der Waals surface area contributed by atoms with Crippen LogP contribution in [0.15, 0.2) is 59.4 Å². The van der Waals surface area contributed by atoms with Crippen molar-refractivity contribution in [2.24, 2.45) is 0 Å². The number of halogens is 2. The quantitative estimate of drug-likeness (QED) is 0.436. The van der Waals surface area contributed by atoms with E-state index in [1.54, 1.807) is 36.6 Å². The summed E-state index contributed by atoms with van der Waals surface area (Å²) in [6, 6.07) is 12.9. The maximum Gasteiger partial charge on any atom is 0.265 e. The third-order valence-electron chi connectivity index (χ3n) is 6.76. The normalized spacial score (nSPS) is 16.7. The Bertz CT molecular complexity index is 1280.